The largest absolute Gasteiger partial charge is 0.379 e. The van der Waals surface area contributed by atoms with Crippen molar-refractivity contribution in [1.29, 1.82) is 0 Å². The van der Waals surface area contributed by atoms with Crippen LogP contribution in [0, 0.1) is 12.8 Å². The van der Waals surface area contributed by atoms with Crippen LogP contribution in [0.3, 0.4) is 0 Å². The molecule has 2 atom stereocenters. The first kappa shape index (κ1) is 13.8. The van der Waals surface area contributed by atoms with Crippen molar-refractivity contribution in [3.8, 4) is 0 Å². The maximum atomic E-state index is 12.2. The molecule has 3 heterocycles. The molecule has 0 aliphatic carbocycles. The zero-order valence-electron chi connectivity index (χ0n) is 12.1. The summed E-state index contributed by atoms with van der Waals surface area (Å²) in [4.78, 5) is 16.3. The molecule has 2 aromatic heterocycles. The van der Waals surface area contributed by atoms with E-state index >= 15 is 0 Å². The van der Waals surface area contributed by atoms with Gasteiger partial charge in [0.1, 0.15) is 5.76 Å². The van der Waals surface area contributed by atoms with Crippen molar-refractivity contribution in [2.24, 2.45) is 13.0 Å². The molecule has 2 aromatic rings. The van der Waals surface area contributed by atoms with E-state index in [2.05, 4.69) is 15.5 Å². The van der Waals surface area contributed by atoms with Crippen LogP contribution in [0.15, 0.2) is 23.0 Å². The van der Waals surface area contributed by atoms with Crippen molar-refractivity contribution in [2.45, 2.75) is 19.4 Å². The van der Waals surface area contributed by atoms with Crippen molar-refractivity contribution < 1.29 is 14.1 Å². The smallest absolute Gasteiger partial charge is 0.287 e. The van der Waals surface area contributed by atoms with Gasteiger partial charge >= 0.3 is 0 Å². The Kier molecular flexibility index (Phi) is 3.74. The van der Waals surface area contributed by atoms with Crippen molar-refractivity contribution in [3.63, 3.8) is 0 Å². The summed E-state index contributed by atoms with van der Waals surface area (Å²) in [6, 6.07) is 1.87. The highest BCUT2D eigenvalue weighted by molar-refractivity contribution is 5.91. The van der Waals surface area contributed by atoms with E-state index in [4.69, 9.17) is 9.26 Å². The third-order valence-corrected chi connectivity index (χ3v) is 3.68. The second kappa shape index (κ2) is 5.69. The Morgan fingerprint density at radius 1 is 1.52 bits per heavy atom. The van der Waals surface area contributed by atoms with E-state index in [1.807, 2.05) is 13.0 Å². The number of amides is 1. The van der Waals surface area contributed by atoms with Crippen molar-refractivity contribution in [1.82, 2.24) is 20.0 Å². The van der Waals surface area contributed by atoms with Crippen LogP contribution in [0.2, 0.25) is 0 Å². The Bertz CT molecular complexity index is 634. The fourth-order valence-electron chi connectivity index (χ4n) is 2.55. The van der Waals surface area contributed by atoms with E-state index in [1.54, 1.807) is 24.0 Å². The Hall–Kier alpha value is -2.15. The van der Waals surface area contributed by atoms with Gasteiger partial charge in [0.05, 0.1) is 24.9 Å². The van der Waals surface area contributed by atoms with Crippen LogP contribution in [0.4, 0.5) is 0 Å². The summed E-state index contributed by atoms with van der Waals surface area (Å²) >= 11 is 0. The first-order valence-electron chi connectivity index (χ1n) is 6.91. The van der Waals surface area contributed by atoms with Gasteiger partial charge in [-0.3, -0.25) is 4.79 Å². The molecule has 0 saturated carbocycles. The average Bonchev–Trinajstić information content (AvgIpc) is 3.14. The maximum absolute atomic E-state index is 12.2. The summed E-state index contributed by atoms with van der Waals surface area (Å²) in [5.74, 6) is 1.22. The van der Waals surface area contributed by atoms with E-state index in [9.17, 15) is 4.79 Å². The molecule has 21 heavy (non-hydrogen) atoms. The van der Waals surface area contributed by atoms with E-state index in [-0.39, 0.29) is 17.9 Å². The van der Waals surface area contributed by atoms with E-state index in [0.29, 0.717) is 25.5 Å². The monoisotopic (exact) mass is 290 g/mol. The third-order valence-electron chi connectivity index (χ3n) is 3.68. The lowest BCUT2D eigenvalue weighted by atomic mass is 9.98. The van der Waals surface area contributed by atoms with Gasteiger partial charge in [0.2, 0.25) is 0 Å². The minimum Gasteiger partial charge on any atom is -0.379 e. The Morgan fingerprint density at radius 2 is 2.38 bits per heavy atom. The van der Waals surface area contributed by atoms with Crippen LogP contribution in [0.25, 0.3) is 0 Å². The van der Waals surface area contributed by atoms with Crippen molar-refractivity contribution >= 4 is 5.91 Å². The van der Waals surface area contributed by atoms with Gasteiger partial charge in [-0.15, -0.1) is 0 Å². The van der Waals surface area contributed by atoms with Crippen LogP contribution in [0.1, 0.15) is 22.1 Å². The number of aromatic nitrogens is 3. The van der Waals surface area contributed by atoms with Crippen LogP contribution < -0.4 is 5.32 Å². The fourth-order valence-corrected chi connectivity index (χ4v) is 2.55. The first-order valence-corrected chi connectivity index (χ1v) is 6.91. The lowest BCUT2D eigenvalue weighted by molar-refractivity contribution is 0.0911. The molecule has 1 aliphatic rings. The summed E-state index contributed by atoms with van der Waals surface area (Å²) in [5.41, 5.74) is 0.859. The topological polar surface area (TPSA) is 82.2 Å². The highest BCUT2D eigenvalue weighted by Gasteiger charge is 2.31. The predicted octanol–water partition coefficient (Wildman–Crippen LogP) is 0.704. The SMILES string of the molecule is Cc1cc(C[C@@H]2COC[C@@H]2NC(=O)c2nccn2C)on1. The number of imidazole rings is 1. The van der Waals surface area contributed by atoms with Crippen LogP contribution in [-0.2, 0) is 18.2 Å². The standard InChI is InChI=1S/C14H18N4O3/c1-9-5-11(21-17-9)6-10-7-20-8-12(10)16-14(19)13-15-3-4-18(13)2/h3-5,10,12H,6-8H2,1-2H3,(H,16,19)/t10-,12+/m1/s1. The Balaban J connectivity index is 1.64. The van der Waals surface area contributed by atoms with Crippen LogP contribution >= 0.6 is 0 Å². The molecule has 0 radical (unpaired) electrons. The summed E-state index contributed by atoms with van der Waals surface area (Å²) < 4.78 is 12.4. The molecule has 112 valence electrons. The number of nitrogens with zero attached hydrogens (tertiary/aromatic N) is 3. The van der Waals surface area contributed by atoms with Gasteiger partial charge in [-0.1, -0.05) is 5.16 Å². The van der Waals surface area contributed by atoms with Gasteiger partial charge in [-0.2, -0.15) is 0 Å². The Labute approximate surface area is 122 Å². The number of nitrogens with one attached hydrogen (secondary N) is 1. The van der Waals surface area contributed by atoms with Crippen molar-refractivity contribution in [3.05, 3.63) is 35.7 Å². The number of hydrogen-bond donors (Lipinski definition) is 1. The van der Waals surface area contributed by atoms with Gasteiger partial charge < -0.3 is 19.1 Å². The average molecular weight is 290 g/mol. The van der Waals surface area contributed by atoms with Gasteiger partial charge in [-0.05, 0) is 6.92 Å². The highest BCUT2D eigenvalue weighted by atomic mass is 16.5. The second-order valence-electron chi connectivity index (χ2n) is 5.38. The third kappa shape index (κ3) is 2.97. The molecule has 1 N–H and O–H groups in total. The fraction of sp³-hybridized carbons (Fsp3) is 0.500. The molecule has 0 aromatic carbocycles. The summed E-state index contributed by atoms with van der Waals surface area (Å²) in [6.07, 6.45) is 4.05. The lowest BCUT2D eigenvalue weighted by Crippen LogP contribution is -2.41. The van der Waals surface area contributed by atoms with Crippen molar-refractivity contribution in [2.75, 3.05) is 13.2 Å². The van der Waals surface area contributed by atoms with E-state index < -0.39 is 0 Å². The molecular weight excluding hydrogens is 272 g/mol. The number of ether oxygens (including phenoxy) is 1. The molecule has 0 spiro atoms. The number of carbonyl (C=O) groups excluding carboxylic acids is 1. The zero-order chi connectivity index (χ0) is 14.8. The number of hydrogen-bond acceptors (Lipinski definition) is 5. The van der Waals surface area contributed by atoms with Crippen LogP contribution in [-0.4, -0.2) is 39.9 Å². The molecule has 3 rings (SSSR count). The minimum absolute atomic E-state index is 0.0420. The van der Waals surface area contributed by atoms with Crippen LogP contribution in [0.5, 0.6) is 0 Å². The van der Waals surface area contributed by atoms with Gasteiger partial charge in [0.15, 0.2) is 5.82 Å². The quantitative estimate of drug-likeness (QED) is 0.896. The van der Waals surface area contributed by atoms with E-state index in [0.717, 1.165) is 11.5 Å². The molecule has 1 aliphatic heterocycles. The zero-order valence-corrected chi connectivity index (χ0v) is 12.1. The summed E-state index contributed by atoms with van der Waals surface area (Å²) in [5, 5.41) is 6.87. The number of rotatable bonds is 4. The van der Waals surface area contributed by atoms with E-state index in [1.165, 1.54) is 0 Å². The number of carbonyl (C=O) groups is 1. The van der Waals surface area contributed by atoms with Gasteiger partial charge in [0, 0.05) is 37.8 Å². The molecule has 1 fully saturated rings. The number of aryl methyl sites for hydroxylation is 2. The molecule has 0 unspecified atom stereocenters. The molecule has 7 heteroatoms. The normalized spacial score (nSPS) is 21.6. The summed E-state index contributed by atoms with van der Waals surface area (Å²) in [7, 11) is 1.79. The molecule has 1 amide bonds. The predicted molar refractivity (Wildman–Crippen MR) is 73.7 cm³/mol. The Morgan fingerprint density at radius 3 is 3.05 bits per heavy atom. The van der Waals surface area contributed by atoms with Gasteiger partial charge in [0.25, 0.3) is 5.91 Å². The summed E-state index contributed by atoms with van der Waals surface area (Å²) in [6.45, 7) is 3.00. The second-order valence-corrected chi connectivity index (χ2v) is 5.38. The lowest BCUT2D eigenvalue weighted by Gasteiger charge is -2.17. The molecule has 0 bridgehead atoms. The molecule has 7 nitrogen and oxygen atoms in total. The highest BCUT2D eigenvalue weighted by Crippen LogP contribution is 2.20. The first-order chi connectivity index (χ1) is 10.1. The maximum Gasteiger partial charge on any atom is 0.287 e. The minimum atomic E-state index is -0.184. The molecule has 1 saturated heterocycles. The molecular formula is C14H18N4O3. The van der Waals surface area contributed by atoms with Gasteiger partial charge in [-0.25, -0.2) is 4.98 Å².